The van der Waals surface area contributed by atoms with Gasteiger partial charge in [0.05, 0.1) is 6.61 Å². The lowest BCUT2D eigenvalue weighted by atomic mass is 10.1. The zero-order valence-corrected chi connectivity index (χ0v) is 10.7. The molecule has 0 rings (SSSR count). The number of hydrogen-bond donors (Lipinski definition) is 2. The topological polar surface area (TPSA) is 81.4 Å². The van der Waals surface area contributed by atoms with Gasteiger partial charge in [-0.15, -0.1) is 0 Å². The van der Waals surface area contributed by atoms with E-state index in [-0.39, 0.29) is 12.3 Å². The summed E-state index contributed by atoms with van der Waals surface area (Å²) in [6.07, 6.45) is 5.20. The van der Waals surface area contributed by atoms with Crippen molar-refractivity contribution in [3.05, 3.63) is 0 Å². The fourth-order valence-corrected chi connectivity index (χ4v) is 1.43. The maximum absolute atomic E-state index is 11.2. The van der Waals surface area contributed by atoms with Gasteiger partial charge < -0.3 is 15.8 Å². The summed E-state index contributed by atoms with van der Waals surface area (Å²) < 4.78 is 4.67. The number of hydrogen-bond acceptors (Lipinski definition) is 4. The number of unbranched alkanes of at least 4 members (excludes halogenated alkanes) is 4. The number of carbonyl (C=O) groups excluding carboxylic acids is 2. The zero-order chi connectivity index (χ0) is 12.9. The summed E-state index contributed by atoms with van der Waals surface area (Å²) >= 11 is 0. The van der Waals surface area contributed by atoms with E-state index in [0.717, 1.165) is 38.6 Å². The first-order chi connectivity index (χ1) is 8.20. The number of rotatable bonds is 10. The van der Waals surface area contributed by atoms with Crippen LogP contribution in [0.2, 0.25) is 0 Å². The molecule has 100 valence electrons. The van der Waals surface area contributed by atoms with Crippen LogP contribution in [0.1, 0.15) is 45.4 Å². The van der Waals surface area contributed by atoms with Gasteiger partial charge >= 0.3 is 5.97 Å². The Bertz CT molecular complexity index is 220. The van der Waals surface area contributed by atoms with Crippen LogP contribution in [-0.4, -0.2) is 31.6 Å². The van der Waals surface area contributed by atoms with E-state index >= 15 is 0 Å². The molecule has 1 amide bonds. The fraction of sp³-hybridized carbons (Fsp3) is 0.833. The molecule has 0 heterocycles. The van der Waals surface area contributed by atoms with E-state index in [1.165, 1.54) is 0 Å². The van der Waals surface area contributed by atoms with E-state index in [0.29, 0.717) is 13.2 Å². The van der Waals surface area contributed by atoms with E-state index < -0.39 is 5.97 Å². The van der Waals surface area contributed by atoms with Crippen LogP contribution in [0.4, 0.5) is 0 Å². The Labute approximate surface area is 103 Å². The molecule has 0 aliphatic rings. The van der Waals surface area contributed by atoms with Crippen molar-refractivity contribution in [2.45, 2.75) is 45.4 Å². The molecule has 5 nitrogen and oxygen atoms in total. The molecule has 0 radical (unpaired) electrons. The maximum atomic E-state index is 11.2. The van der Waals surface area contributed by atoms with E-state index in [2.05, 4.69) is 10.1 Å². The molecule has 3 N–H and O–H groups in total. The SMILES string of the molecule is CCOC(=O)CC(=O)NCCCCCCCN. The summed E-state index contributed by atoms with van der Waals surface area (Å²) in [7, 11) is 0. The normalized spacial score (nSPS) is 10.0. The molecule has 0 aliphatic carbocycles. The third-order valence-electron chi connectivity index (χ3n) is 2.31. The van der Waals surface area contributed by atoms with Crippen molar-refractivity contribution < 1.29 is 14.3 Å². The number of amides is 1. The Balaban J connectivity index is 3.30. The van der Waals surface area contributed by atoms with Gasteiger partial charge in [0.1, 0.15) is 6.42 Å². The second-order valence-corrected chi connectivity index (χ2v) is 3.89. The highest BCUT2D eigenvalue weighted by Crippen LogP contribution is 2.01. The highest BCUT2D eigenvalue weighted by atomic mass is 16.5. The van der Waals surface area contributed by atoms with Crippen LogP contribution in [0.25, 0.3) is 0 Å². The first-order valence-electron chi connectivity index (χ1n) is 6.33. The minimum Gasteiger partial charge on any atom is -0.466 e. The molecular formula is C12H24N2O3. The summed E-state index contributed by atoms with van der Waals surface area (Å²) in [6.45, 7) is 3.40. The summed E-state index contributed by atoms with van der Waals surface area (Å²) in [5, 5.41) is 2.70. The van der Waals surface area contributed by atoms with Crippen LogP contribution in [-0.2, 0) is 14.3 Å². The lowest BCUT2D eigenvalue weighted by Crippen LogP contribution is -2.27. The Morgan fingerprint density at radius 2 is 1.76 bits per heavy atom. The molecule has 0 spiro atoms. The monoisotopic (exact) mass is 244 g/mol. The second-order valence-electron chi connectivity index (χ2n) is 3.89. The fourth-order valence-electron chi connectivity index (χ4n) is 1.43. The van der Waals surface area contributed by atoms with E-state index in [9.17, 15) is 9.59 Å². The molecule has 0 bridgehead atoms. The Hall–Kier alpha value is -1.10. The molecule has 0 aromatic carbocycles. The first kappa shape index (κ1) is 15.9. The highest BCUT2D eigenvalue weighted by Gasteiger charge is 2.08. The Kier molecular flexibility index (Phi) is 10.7. The van der Waals surface area contributed by atoms with Crippen LogP contribution >= 0.6 is 0 Å². The minimum absolute atomic E-state index is 0.180. The average molecular weight is 244 g/mol. The van der Waals surface area contributed by atoms with Crippen molar-refractivity contribution in [3.8, 4) is 0 Å². The van der Waals surface area contributed by atoms with Gasteiger partial charge in [0.2, 0.25) is 5.91 Å². The third-order valence-corrected chi connectivity index (χ3v) is 2.31. The third kappa shape index (κ3) is 11.2. The molecule has 0 unspecified atom stereocenters. The van der Waals surface area contributed by atoms with Gasteiger partial charge in [-0.1, -0.05) is 19.3 Å². The van der Waals surface area contributed by atoms with Crippen molar-refractivity contribution in [2.75, 3.05) is 19.7 Å². The summed E-state index contributed by atoms with van der Waals surface area (Å²) in [5.41, 5.74) is 5.38. The van der Waals surface area contributed by atoms with Crippen molar-refractivity contribution in [1.29, 1.82) is 0 Å². The van der Waals surface area contributed by atoms with Crippen LogP contribution < -0.4 is 11.1 Å². The van der Waals surface area contributed by atoms with E-state index in [4.69, 9.17) is 5.73 Å². The molecule has 0 aliphatic heterocycles. The standard InChI is InChI=1S/C12H24N2O3/c1-2-17-12(16)10-11(15)14-9-7-5-3-4-6-8-13/h2-10,13H2,1H3,(H,14,15). The molecule has 5 heteroatoms. The number of carbonyl (C=O) groups is 2. The van der Waals surface area contributed by atoms with Gasteiger partial charge in [-0.3, -0.25) is 9.59 Å². The molecule has 17 heavy (non-hydrogen) atoms. The predicted octanol–water partition coefficient (Wildman–Crippen LogP) is 0.965. The van der Waals surface area contributed by atoms with Gasteiger partial charge in [-0.05, 0) is 26.3 Å². The predicted molar refractivity (Wildman–Crippen MR) is 66.4 cm³/mol. The molecule has 0 fully saturated rings. The van der Waals surface area contributed by atoms with Crippen LogP contribution in [0, 0.1) is 0 Å². The van der Waals surface area contributed by atoms with E-state index in [1.807, 2.05) is 0 Å². The Morgan fingerprint density at radius 1 is 1.12 bits per heavy atom. The lowest BCUT2D eigenvalue weighted by Gasteiger charge is -2.05. The van der Waals surface area contributed by atoms with Crippen molar-refractivity contribution >= 4 is 11.9 Å². The van der Waals surface area contributed by atoms with Gasteiger partial charge in [0.25, 0.3) is 0 Å². The summed E-state index contributed by atoms with van der Waals surface area (Å²) in [6, 6.07) is 0. The van der Waals surface area contributed by atoms with E-state index in [1.54, 1.807) is 6.92 Å². The van der Waals surface area contributed by atoms with Crippen molar-refractivity contribution in [1.82, 2.24) is 5.32 Å². The van der Waals surface area contributed by atoms with Crippen LogP contribution in [0.5, 0.6) is 0 Å². The molecule has 0 saturated heterocycles. The summed E-state index contributed by atoms with van der Waals surface area (Å²) in [5.74, 6) is -0.724. The van der Waals surface area contributed by atoms with Gasteiger partial charge in [-0.2, -0.15) is 0 Å². The zero-order valence-electron chi connectivity index (χ0n) is 10.7. The maximum Gasteiger partial charge on any atom is 0.315 e. The molecule has 0 aromatic heterocycles. The highest BCUT2D eigenvalue weighted by molar-refractivity contribution is 5.94. The molecule has 0 aromatic rings. The number of ether oxygens (including phenoxy) is 1. The van der Waals surface area contributed by atoms with Crippen LogP contribution in [0.3, 0.4) is 0 Å². The number of esters is 1. The van der Waals surface area contributed by atoms with Gasteiger partial charge in [-0.25, -0.2) is 0 Å². The summed E-state index contributed by atoms with van der Waals surface area (Å²) in [4.78, 5) is 22.2. The van der Waals surface area contributed by atoms with Gasteiger partial charge in [0.15, 0.2) is 0 Å². The van der Waals surface area contributed by atoms with Gasteiger partial charge in [0, 0.05) is 6.54 Å². The smallest absolute Gasteiger partial charge is 0.315 e. The Morgan fingerprint density at radius 3 is 2.41 bits per heavy atom. The van der Waals surface area contributed by atoms with Crippen molar-refractivity contribution in [2.24, 2.45) is 5.73 Å². The van der Waals surface area contributed by atoms with Crippen LogP contribution in [0.15, 0.2) is 0 Å². The lowest BCUT2D eigenvalue weighted by molar-refractivity contribution is -0.145. The minimum atomic E-state index is -0.465. The molecule has 0 saturated carbocycles. The molecule has 0 atom stereocenters. The largest absolute Gasteiger partial charge is 0.466 e. The number of nitrogens with one attached hydrogen (secondary N) is 1. The second kappa shape index (κ2) is 11.4. The van der Waals surface area contributed by atoms with Crippen molar-refractivity contribution in [3.63, 3.8) is 0 Å². The molecular weight excluding hydrogens is 220 g/mol. The average Bonchev–Trinajstić information content (AvgIpc) is 2.28. The first-order valence-corrected chi connectivity index (χ1v) is 6.33. The quantitative estimate of drug-likeness (QED) is 0.341. The number of nitrogens with two attached hydrogens (primary N) is 1.